The molecule has 0 saturated carbocycles. The molecule has 5 N–H and O–H groups in total. The number of pyridine rings is 1. The zero-order valence-electron chi connectivity index (χ0n) is 20.2. The largest absolute Gasteiger partial charge is 0.382 e. The van der Waals surface area contributed by atoms with Gasteiger partial charge in [0.25, 0.3) is 0 Å². The third kappa shape index (κ3) is 6.00. The van der Waals surface area contributed by atoms with Crippen molar-refractivity contribution >= 4 is 37.8 Å². The van der Waals surface area contributed by atoms with Gasteiger partial charge in [-0.25, -0.2) is 18.4 Å². The standard InChI is InChI=1S/C25H32N6O4S/c1-2-3-13-21-29-22-23(19-11-7-8-12-20(19)28-24(22)26)31(21)15-17-35-16-14-27-25(32)30-36(33,34)18-9-5-4-6-10-18/h4-12,25,27,30,32H,2-3,13-17H2,1H3,(H2,26,28). The van der Waals surface area contributed by atoms with E-state index in [-0.39, 0.29) is 18.0 Å². The number of benzene rings is 2. The predicted octanol–water partition coefficient (Wildman–Crippen LogP) is 2.37. The molecular weight excluding hydrogens is 480 g/mol. The lowest BCUT2D eigenvalue weighted by Gasteiger charge is -2.15. The number of nitrogens with one attached hydrogen (secondary N) is 2. The molecule has 0 radical (unpaired) electrons. The number of para-hydroxylation sites is 1. The molecule has 1 unspecified atom stereocenters. The second-order valence-corrected chi connectivity index (χ2v) is 10.1. The van der Waals surface area contributed by atoms with Crippen molar-refractivity contribution in [3.8, 4) is 0 Å². The Morgan fingerprint density at radius 2 is 1.83 bits per heavy atom. The van der Waals surface area contributed by atoms with Crippen LogP contribution in [0.1, 0.15) is 25.6 Å². The van der Waals surface area contributed by atoms with Gasteiger partial charge in [-0.15, -0.1) is 0 Å². The lowest BCUT2D eigenvalue weighted by atomic mass is 10.2. The van der Waals surface area contributed by atoms with Crippen LogP contribution in [-0.4, -0.2) is 54.2 Å². The Bertz CT molecular complexity index is 1410. The number of nitrogen functional groups attached to an aromatic ring is 1. The Kier molecular flexibility index (Phi) is 8.49. The summed E-state index contributed by atoms with van der Waals surface area (Å²) in [5.41, 5.74) is 8.72. The topological polar surface area (TPSA) is 144 Å². The van der Waals surface area contributed by atoms with Gasteiger partial charge in [-0.3, -0.25) is 5.32 Å². The second kappa shape index (κ2) is 11.8. The van der Waals surface area contributed by atoms with Gasteiger partial charge in [-0.1, -0.05) is 49.7 Å². The minimum atomic E-state index is -3.82. The van der Waals surface area contributed by atoms with Gasteiger partial charge in [0.1, 0.15) is 11.3 Å². The van der Waals surface area contributed by atoms with E-state index < -0.39 is 16.4 Å². The number of sulfonamides is 1. The quantitative estimate of drug-likeness (QED) is 0.158. The molecular formula is C25H32N6O4S. The van der Waals surface area contributed by atoms with Crippen LogP contribution in [0.2, 0.25) is 0 Å². The minimum absolute atomic E-state index is 0.0805. The lowest BCUT2D eigenvalue weighted by molar-refractivity contribution is 0.0902. The number of imidazole rings is 1. The van der Waals surface area contributed by atoms with Crippen LogP contribution in [0, 0.1) is 0 Å². The maximum absolute atomic E-state index is 12.3. The first-order chi connectivity index (χ1) is 17.4. The van der Waals surface area contributed by atoms with Crippen LogP contribution < -0.4 is 15.8 Å². The van der Waals surface area contributed by atoms with Gasteiger partial charge in [0.2, 0.25) is 10.0 Å². The molecule has 2 heterocycles. The molecule has 0 aliphatic carbocycles. The number of anilines is 1. The normalized spacial score (nSPS) is 12.9. The lowest BCUT2D eigenvalue weighted by Crippen LogP contribution is -2.46. The molecule has 4 rings (SSSR count). The van der Waals surface area contributed by atoms with Crippen molar-refractivity contribution in [1.29, 1.82) is 0 Å². The Labute approximate surface area is 210 Å². The summed E-state index contributed by atoms with van der Waals surface area (Å²) in [6.07, 6.45) is 1.46. The Hall–Kier alpha value is -3.09. The van der Waals surface area contributed by atoms with E-state index in [1.165, 1.54) is 12.1 Å². The fourth-order valence-corrected chi connectivity index (χ4v) is 5.08. The first-order valence-electron chi connectivity index (χ1n) is 12.0. The van der Waals surface area contributed by atoms with Crippen LogP contribution in [0.3, 0.4) is 0 Å². The molecule has 0 saturated heterocycles. The van der Waals surface area contributed by atoms with Crippen molar-refractivity contribution in [1.82, 2.24) is 24.6 Å². The fraction of sp³-hybridized carbons (Fsp3) is 0.360. The van der Waals surface area contributed by atoms with E-state index in [9.17, 15) is 13.5 Å². The summed E-state index contributed by atoms with van der Waals surface area (Å²) in [5, 5.41) is 13.7. The van der Waals surface area contributed by atoms with Gasteiger partial charge >= 0.3 is 0 Å². The Morgan fingerprint density at radius 1 is 1.08 bits per heavy atom. The molecule has 11 heteroatoms. The average molecular weight is 513 g/mol. The minimum Gasteiger partial charge on any atom is -0.382 e. The number of nitrogens with two attached hydrogens (primary N) is 1. The van der Waals surface area contributed by atoms with E-state index in [4.69, 9.17) is 15.5 Å². The van der Waals surface area contributed by atoms with Crippen LogP contribution >= 0.6 is 0 Å². The number of aromatic nitrogens is 3. The molecule has 192 valence electrons. The zero-order valence-corrected chi connectivity index (χ0v) is 21.0. The van der Waals surface area contributed by atoms with E-state index in [2.05, 4.69) is 26.5 Å². The predicted molar refractivity (Wildman–Crippen MR) is 140 cm³/mol. The number of nitrogens with zero attached hydrogens (tertiary/aromatic N) is 3. The highest BCUT2D eigenvalue weighted by atomic mass is 32.2. The van der Waals surface area contributed by atoms with Gasteiger partial charge in [0.15, 0.2) is 12.2 Å². The summed E-state index contributed by atoms with van der Waals surface area (Å²) in [5.74, 6) is 1.36. The van der Waals surface area contributed by atoms with Crippen molar-refractivity contribution in [2.45, 2.75) is 44.0 Å². The molecule has 0 aliphatic heterocycles. The summed E-state index contributed by atoms with van der Waals surface area (Å²) >= 11 is 0. The van der Waals surface area contributed by atoms with Crippen molar-refractivity contribution in [2.75, 3.05) is 25.5 Å². The highest BCUT2D eigenvalue weighted by Gasteiger charge is 2.18. The van der Waals surface area contributed by atoms with E-state index >= 15 is 0 Å². The van der Waals surface area contributed by atoms with Crippen molar-refractivity contribution in [3.63, 3.8) is 0 Å². The molecule has 4 aromatic rings. The Morgan fingerprint density at radius 3 is 2.61 bits per heavy atom. The number of aliphatic hydroxyl groups is 1. The highest BCUT2D eigenvalue weighted by molar-refractivity contribution is 7.89. The number of aliphatic hydroxyl groups excluding tert-OH is 1. The zero-order chi connectivity index (χ0) is 25.5. The molecule has 1 atom stereocenters. The third-order valence-corrected chi connectivity index (χ3v) is 7.23. The van der Waals surface area contributed by atoms with E-state index in [0.717, 1.165) is 41.5 Å². The van der Waals surface area contributed by atoms with Gasteiger partial charge in [-0.2, -0.15) is 4.72 Å². The molecule has 0 aliphatic rings. The van der Waals surface area contributed by atoms with E-state index in [1.807, 2.05) is 24.3 Å². The molecule has 36 heavy (non-hydrogen) atoms. The molecule has 0 amide bonds. The number of fused-ring (bicyclic) bond motifs is 3. The highest BCUT2D eigenvalue weighted by Crippen LogP contribution is 2.29. The number of ether oxygens (including phenoxy) is 1. The fourth-order valence-electron chi connectivity index (χ4n) is 4.05. The first-order valence-corrected chi connectivity index (χ1v) is 13.5. The molecule has 0 bridgehead atoms. The molecule has 2 aromatic heterocycles. The molecule has 0 spiro atoms. The van der Waals surface area contributed by atoms with E-state index in [0.29, 0.717) is 24.5 Å². The van der Waals surface area contributed by atoms with Crippen LogP contribution in [0.15, 0.2) is 59.5 Å². The van der Waals surface area contributed by atoms with Crippen molar-refractivity contribution < 1.29 is 18.3 Å². The maximum atomic E-state index is 12.3. The summed E-state index contributed by atoms with van der Waals surface area (Å²) < 4.78 is 34.7. The van der Waals surface area contributed by atoms with Crippen molar-refractivity contribution in [2.24, 2.45) is 0 Å². The van der Waals surface area contributed by atoms with Gasteiger partial charge in [0, 0.05) is 24.9 Å². The first kappa shape index (κ1) is 26.0. The second-order valence-electron chi connectivity index (χ2n) is 8.40. The van der Waals surface area contributed by atoms with Gasteiger partial charge in [0.05, 0.1) is 29.1 Å². The van der Waals surface area contributed by atoms with Gasteiger partial charge < -0.3 is 20.1 Å². The SMILES string of the molecule is CCCCc1nc2c(N)nc3ccccc3c2n1CCOCCNC(O)NS(=O)(=O)c1ccccc1. The number of rotatable bonds is 13. The van der Waals surface area contributed by atoms with Crippen LogP contribution in [-0.2, 0) is 27.7 Å². The summed E-state index contributed by atoms with van der Waals surface area (Å²) in [6, 6.07) is 15.7. The maximum Gasteiger partial charge on any atom is 0.243 e. The van der Waals surface area contributed by atoms with Gasteiger partial charge in [-0.05, 0) is 24.6 Å². The average Bonchev–Trinajstić information content (AvgIpc) is 3.24. The number of hydrogen-bond acceptors (Lipinski definition) is 8. The third-order valence-electron chi connectivity index (χ3n) is 5.81. The number of aryl methyl sites for hydroxylation is 1. The molecule has 0 fully saturated rings. The summed E-state index contributed by atoms with van der Waals surface area (Å²) in [6.45, 7) is 3.67. The summed E-state index contributed by atoms with van der Waals surface area (Å²) in [7, 11) is -3.82. The van der Waals surface area contributed by atoms with E-state index in [1.54, 1.807) is 18.2 Å². The smallest absolute Gasteiger partial charge is 0.243 e. The molecule has 10 nitrogen and oxygen atoms in total. The number of hydrogen-bond donors (Lipinski definition) is 4. The van der Waals surface area contributed by atoms with Crippen molar-refractivity contribution in [3.05, 3.63) is 60.4 Å². The van der Waals surface area contributed by atoms with Crippen LogP contribution in [0.5, 0.6) is 0 Å². The molecule has 2 aromatic carbocycles. The summed E-state index contributed by atoms with van der Waals surface area (Å²) in [4.78, 5) is 9.40. The Balaban J connectivity index is 1.35. The number of unbranched alkanes of at least 4 members (excludes halogenated alkanes) is 1. The van der Waals surface area contributed by atoms with Crippen LogP contribution in [0.25, 0.3) is 21.9 Å². The monoisotopic (exact) mass is 512 g/mol. The van der Waals surface area contributed by atoms with Crippen LogP contribution in [0.4, 0.5) is 5.82 Å².